The van der Waals surface area contributed by atoms with Gasteiger partial charge in [0, 0.05) is 25.7 Å². The van der Waals surface area contributed by atoms with Crippen LogP contribution < -0.4 is 20.4 Å². The van der Waals surface area contributed by atoms with Crippen LogP contribution in [0.3, 0.4) is 0 Å². The summed E-state index contributed by atoms with van der Waals surface area (Å²) < 4.78 is 59.1. The Labute approximate surface area is 218 Å². The van der Waals surface area contributed by atoms with Gasteiger partial charge in [0.05, 0.1) is 24.0 Å². The number of amides is 2. The molecule has 1 aliphatic heterocycles. The van der Waals surface area contributed by atoms with Gasteiger partial charge < -0.3 is 25.3 Å². The van der Waals surface area contributed by atoms with Crippen molar-refractivity contribution in [1.82, 2.24) is 20.2 Å². The molecular weight excluding hydrogens is 506 g/mol. The molecule has 0 bridgehead atoms. The topological polar surface area (TPSA) is 93.7 Å². The van der Waals surface area contributed by atoms with Crippen LogP contribution in [0.2, 0.25) is 0 Å². The van der Waals surface area contributed by atoms with E-state index in [-0.39, 0.29) is 29.2 Å². The largest absolute Gasteiger partial charge is 0.352 e. The van der Waals surface area contributed by atoms with Crippen LogP contribution in [0.15, 0.2) is 18.3 Å². The summed E-state index contributed by atoms with van der Waals surface area (Å²) in [5, 5.41) is 5.14. The summed E-state index contributed by atoms with van der Waals surface area (Å²) in [6.45, 7) is 0.181. The van der Waals surface area contributed by atoms with Crippen molar-refractivity contribution in [1.29, 1.82) is 0 Å². The third-order valence-electron chi connectivity index (χ3n) is 6.75. The van der Waals surface area contributed by atoms with E-state index in [1.807, 2.05) is 19.0 Å². The molecule has 1 aromatic carbocycles. The molecule has 2 aromatic rings. The molecule has 2 aliphatic rings. The summed E-state index contributed by atoms with van der Waals surface area (Å²) in [4.78, 5) is 37.3. The molecule has 2 heterocycles. The van der Waals surface area contributed by atoms with Gasteiger partial charge in [-0.3, -0.25) is 9.59 Å². The lowest BCUT2D eigenvalue weighted by Crippen LogP contribution is -2.48. The molecule has 2 N–H and O–H groups in total. The first-order valence-corrected chi connectivity index (χ1v) is 12.5. The maximum absolute atomic E-state index is 14.9. The second-order valence-electron chi connectivity index (χ2n) is 9.89. The Kier molecular flexibility index (Phi) is 8.05. The molecule has 0 spiro atoms. The third kappa shape index (κ3) is 5.82. The SMILES string of the molecule is CN(C)CCCNC(=O)c1cc(F)c(Nc2ncc3c(n2)N(C2CCCC2)CC(F)(F)C(=O)N3C)cc1F. The standard InChI is InChI=1S/C25H31F4N7O2/c1-34(2)10-6-9-30-22(37)16-11-18(27)19(12-17(16)26)32-24-31-13-20-21(33-24)36(15-7-4-5-8-15)14-25(28,29)23(38)35(20)3/h11-13,15H,4-10,14H2,1-3H3,(H,30,37)(H,31,32,33). The Balaban J connectivity index is 1.58. The van der Waals surface area contributed by atoms with Crippen molar-refractivity contribution in [3.63, 3.8) is 0 Å². The number of halogens is 4. The molecule has 0 unspecified atom stereocenters. The summed E-state index contributed by atoms with van der Waals surface area (Å²) in [6, 6.07) is 1.35. The predicted octanol–water partition coefficient (Wildman–Crippen LogP) is 3.54. The molecule has 1 saturated carbocycles. The van der Waals surface area contributed by atoms with E-state index in [0.717, 1.165) is 36.4 Å². The van der Waals surface area contributed by atoms with Crippen molar-refractivity contribution in [2.75, 3.05) is 55.9 Å². The lowest BCUT2D eigenvalue weighted by molar-refractivity contribution is -0.140. The number of carbonyl (C=O) groups is 2. The van der Waals surface area contributed by atoms with Gasteiger partial charge >= 0.3 is 5.92 Å². The number of anilines is 4. The number of rotatable bonds is 8. The average molecular weight is 538 g/mol. The smallest absolute Gasteiger partial charge is 0.342 e. The van der Waals surface area contributed by atoms with Crippen molar-refractivity contribution >= 4 is 35.0 Å². The van der Waals surface area contributed by atoms with E-state index in [1.54, 1.807) is 0 Å². The van der Waals surface area contributed by atoms with Gasteiger partial charge in [-0.05, 0) is 46.0 Å². The van der Waals surface area contributed by atoms with E-state index in [4.69, 9.17) is 0 Å². The van der Waals surface area contributed by atoms with Gasteiger partial charge in [0.25, 0.3) is 11.8 Å². The highest BCUT2D eigenvalue weighted by molar-refractivity contribution is 6.02. The number of benzene rings is 1. The minimum Gasteiger partial charge on any atom is -0.352 e. The van der Waals surface area contributed by atoms with Crippen LogP contribution in [-0.4, -0.2) is 79.4 Å². The lowest BCUT2D eigenvalue weighted by Gasteiger charge is -2.31. The van der Waals surface area contributed by atoms with Crippen molar-refractivity contribution in [3.05, 3.63) is 35.5 Å². The van der Waals surface area contributed by atoms with E-state index in [0.29, 0.717) is 25.8 Å². The molecule has 13 heteroatoms. The first-order valence-electron chi connectivity index (χ1n) is 12.5. The van der Waals surface area contributed by atoms with Crippen LogP contribution in [-0.2, 0) is 4.79 Å². The number of aromatic nitrogens is 2. The molecule has 0 atom stereocenters. The van der Waals surface area contributed by atoms with Gasteiger partial charge in [0.1, 0.15) is 17.3 Å². The summed E-state index contributed by atoms with van der Waals surface area (Å²) in [5.74, 6) is -7.68. The number of hydrogen-bond donors (Lipinski definition) is 2. The number of fused-ring (bicyclic) bond motifs is 1. The quantitative estimate of drug-likeness (QED) is 0.393. The van der Waals surface area contributed by atoms with E-state index in [2.05, 4.69) is 20.6 Å². The normalized spacial score (nSPS) is 17.5. The molecule has 0 radical (unpaired) electrons. The van der Waals surface area contributed by atoms with Gasteiger partial charge in [-0.25, -0.2) is 13.8 Å². The highest BCUT2D eigenvalue weighted by atomic mass is 19.3. The molecule has 1 aromatic heterocycles. The van der Waals surface area contributed by atoms with Gasteiger partial charge in [0.15, 0.2) is 5.82 Å². The zero-order valence-electron chi connectivity index (χ0n) is 21.5. The summed E-state index contributed by atoms with van der Waals surface area (Å²) in [7, 11) is 4.99. The first-order chi connectivity index (χ1) is 18.0. The molecule has 9 nitrogen and oxygen atoms in total. The number of nitrogens with zero attached hydrogens (tertiary/aromatic N) is 5. The molecule has 206 valence electrons. The Morgan fingerprint density at radius 2 is 1.89 bits per heavy atom. The second-order valence-corrected chi connectivity index (χ2v) is 9.89. The van der Waals surface area contributed by atoms with Gasteiger partial charge in [-0.2, -0.15) is 13.8 Å². The van der Waals surface area contributed by atoms with Crippen molar-refractivity contribution in [2.24, 2.45) is 0 Å². The van der Waals surface area contributed by atoms with Crippen molar-refractivity contribution < 1.29 is 27.2 Å². The molecule has 2 amide bonds. The van der Waals surface area contributed by atoms with Gasteiger partial charge in [-0.1, -0.05) is 12.8 Å². The van der Waals surface area contributed by atoms with Crippen LogP contribution >= 0.6 is 0 Å². The van der Waals surface area contributed by atoms with E-state index in [9.17, 15) is 27.2 Å². The predicted molar refractivity (Wildman–Crippen MR) is 135 cm³/mol. The van der Waals surface area contributed by atoms with Crippen molar-refractivity contribution in [3.8, 4) is 0 Å². The van der Waals surface area contributed by atoms with E-state index >= 15 is 0 Å². The van der Waals surface area contributed by atoms with Crippen LogP contribution in [0.4, 0.5) is 40.7 Å². The Morgan fingerprint density at radius 1 is 1.18 bits per heavy atom. The Morgan fingerprint density at radius 3 is 2.58 bits per heavy atom. The molecule has 0 saturated heterocycles. The van der Waals surface area contributed by atoms with Crippen LogP contribution in [0.5, 0.6) is 0 Å². The minimum absolute atomic E-state index is 0.0950. The molecular formula is C25H31F4N7O2. The fraction of sp³-hybridized carbons (Fsp3) is 0.520. The van der Waals surface area contributed by atoms with Crippen LogP contribution in [0.25, 0.3) is 0 Å². The average Bonchev–Trinajstić information content (AvgIpc) is 3.38. The Hall–Kier alpha value is -3.48. The van der Waals surface area contributed by atoms with E-state index in [1.165, 1.54) is 18.1 Å². The fourth-order valence-corrected chi connectivity index (χ4v) is 4.73. The number of carbonyl (C=O) groups excluding carboxylic acids is 2. The van der Waals surface area contributed by atoms with Crippen LogP contribution in [0, 0.1) is 11.6 Å². The number of nitrogens with one attached hydrogen (secondary N) is 2. The number of alkyl halides is 2. The lowest BCUT2D eigenvalue weighted by atomic mass is 10.1. The number of hydrogen-bond acceptors (Lipinski definition) is 7. The zero-order valence-corrected chi connectivity index (χ0v) is 21.5. The Bertz CT molecular complexity index is 1200. The first kappa shape index (κ1) is 27.6. The molecule has 1 aliphatic carbocycles. The van der Waals surface area contributed by atoms with Gasteiger partial charge in [-0.15, -0.1) is 0 Å². The maximum Gasteiger partial charge on any atom is 0.342 e. The second kappa shape index (κ2) is 11.1. The third-order valence-corrected chi connectivity index (χ3v) is 6.75. The molecule has 1 fully saturated rings. The molecule has 4 rings (SSSR count). The van der Waals surface area contributed by atoms with Crippen LogP contribution in [0.1, 0.15) is 42.5 Å². The fourth-order valence-electron chi connectivity index (χ4n) is 4.73. The molecule has 38 heavy (non-hydrogen) atoms. The highest BCUT2D eigenvalue weighted by Crippen LogP contribution is 2.39. The summed E-state index contributed by atoms with van der Waals surface area (Å²) >= 11 is 0. The summed E-state index contributed by atoms with van der Waals surface area (Å²) in [6.07, 6.45) is 4.90. The van der Waals surface area contributed by atoms with Gasteiger partial charge in [0.2, 0.25) is 5.95 Å². The zero-order chi connectivity index (χ0) is 27.6. The minimum atomic E-state index is -3.64. The highest BCUT2D eigenvalue weighted by Gasteiger charge is 2.48. The summed E-state index contributed by atoms with van der Waals surface area (Å²) in [5.41, 5.74) is -0.685. The van der Waals surface area contributed by atoms with E-state index < -0.39 is 41.5 Å². The maximum atomic E-state index is 14.9. The van der Waals surface area contributed by atoms with Crippen molar-refractivity contribution in [2.45, 2.75) is 44.1 Å². The monoisotopic (exact) mass is 537 g/mol.